The maximum atomic E-state index is 4.26. The van der Waals surface area contributed by atoms with Crippen molar-refractivity contribution in [2.75, 3.05) is 11.9 Å². The van der Waals surface area contributed by atoms with Crippen LogP contribution in [-0.4, -0.2) is 16.5 Å². The SMILES string of the molecule is CCc1ncnc2c1CCCN2. The highest BCUT2D eigenvalue weighted by Gasteiger charge is 2.12. The molecule has 1 aromatic heterocycles. The number of nitrogens with zero attached hydrogens (tertiary/aromatic N) is 2. The van der Waals surface area contributed by atoms with Gasteiger partial charge < -0.3 is 5.32 Å². The van der Waals surface area contributed by atoms with Crippen LogP contribution >= 0.6 is 0 Å². The molecule has 64 valence electrons. The van der Waals surface area contributed by atoms with Gasteiger partial charge in [0, 0.05) is 17.8 Å². The van der Waals surface area contributed by atoms with Crippen LogP contribution in [0.3, 0.4) is 0 Å². The molecule has 0 fully saturated rings. The Labute approximate surface area is 72.2 Å². The molecule has 0 radical (unpaired) electrons. The van der Waals surface area contributed by atoms with E-state index in [1.807, 2.05) is 0 Å². The van der Waals surface area contributed by atoms with Crippen LogP contribution in [0.4, 0.5) is 5.82 Å². The maximum absolute atomic E-state index is 4.26. The second-order valence-electron chi connectivity index (χ2n) is 3.03. The van der Waals surface area contributed by atoms with E-state index in [0.29, 0.717) is 0 Å². The van der Waals surface area contributed by atoms with E-state index >= 15 is 0 Å². The lowest BCUT2D eigenvalue weighted by Gasteiger charge is -2.18. The molecule has 1 aliphatic heterocycles. The zero-order valence-corrected chi connectivity index (χ0v) is 7.30. The zero-order valence-electron chi connectivity index (χ0n) is 7.30. The van der Waals surface area contributed by atoms with Gasteiger partial charge in [0.05, 0.1) is 0 Å². The fourth-order valence-corrected chi connectivity index (χ4v) is 1.64. The molecule has 0 aliphatic carbocycles. The average Bonchev–Trinajstić information content (AvgIpc) is 2.17. The van der Waals surface area contributed by atoms with Gasteiger partial charge >= 0.3 is 0 Å². The van der Waals surface area contributed by atoms with E-state index in [4.69, 9.17) is 0 Å². The third kappa shape index (κ3) is 1.15. The van der Waals surface area contributed by atoms with Gasteiger partial charge in [-0.25, -0.2) is 9.97 Å². The third-order valence-corrected chi connectivity index (χ3v) is 2.27. The zero-order chi connectivity index (χ0) is 8.39. The highest BCUT2D eigenvalue weighted by molar-refractivity contribution is 5.47. The van der Waals surface area contributed by atoms with E-state index in [1.54, 1.807) is 6.33 Å². The molecule has 3 heteroatoms. The first kappa shape index (κ1) is 7.53. The van der Waals surface area contributed by atoms with Crippen LogP contribution in [0.1, 0.15) is 24.6 Å². The average molecular weight is 163 g/mol. The van der Waals surface area contributed by atoms with Gasteiger partial charge in [-0.05, 0) is 19.3 Å². The summed E-state index contributed by atoms with van der Waals surface area (Å²) in [6.45, 7) is 3.18. The van der Waals surface area contributed by atoms with Crippen molar-refractivity contribution in [3.8, 4) is 0 Å². The standard InChI is InChI=1S/C9H13N3/c1-2-8-7-4-3-5-10-9(7)12-6-11-8/h6H,2-5H2,1H3,(H,10,11,12). The summed E-state index contributed by atoms with van der Waals surface area (Å²) in [4.78, 5) is 8.47. The second-order valence-corrected chi connectivity index (χ2v) is 3.03. The minimum atomic E-state index is 1.01. The Bertz CT molecular complexity index is 269. The van der Waals surface area contributed by atoms with Crippen molar-refractivity contribution in [3.63, 3.8) is 0 Å². The van der Waals surface area contributed by atoms with E-state index in [1.165, 1.54) is 17.7 Å². The summed E-state index contributed by atoms with van der Waals surface area (Å²) in [5.41, 5.74) is 2.53. The summed E-state index contributed by atoms with van der Waals surface area (Å²) in [6, 6.07) is 0. The number of anilines is 1. The Morgan fingerprint density at radius 1 is 1.50 bits per heavy atom. The molecule has 0 aromatic carbocycles. The summed E-state index contributed by atoms with van der Waals surface area (Å²) in [5, 5.41) is 3.29. The summed E-state index contributed by atoms with van der Waals surface area (Å²) in [5.74, 6) is 1.05. The number of hydrogen-bond donors (Lipinski definition) is 1. The number of hydrogen-bond acceptors (Lipinski definition) is 3. The third-order valence-electron chi connectivity index (χ3n) is 2.27. The summed E-state index contributed by atoms with van der Waals surface area (Å²) < 4.78 is 0. The number of nitrogens with one attached hydrogen (secondary N) is 1. The summed E-state index contributed by atoms with van der Waals surface area (Å²) in [6.07, 6.45) is 4.99. The minimum absolute atomic E-state index is 1.01. The van der Waals surface area contributed by atoms with E-state index in [2.05, 4.69) is 22.2 Å². The fraction of sp³-hybridized carbons (Fsp3) is 0.556. The first-order valence-corrected chi connectivity index (χ1v) is 4.48. The predicted molar refractivity (Wildman–Crippen MR) is 48.2 cm³/mol. The van der Waals surface area contributed by atoms with Gasteiger partial charge in [0.15, 0.2) is 0 Å². The number of aryl methyl sites for hydroxylation is 1. The molecule has 0 bridgehead atoms. The van der Waals surface area contributed by atoms with Gasteiger partial charge in [-0.1, -0.05) is 6.92 Å². The molecule has 1 aromatic rings. The Hall–Kier alpha value is -1.12. The molecule has 0 spiro atoms. The molecule has 0 atom stereocenters. The molecule has 1 aliphatic rings. The quantitative estimate of drug-likeness (QED) is 0.680. The van der Waals surface area contributed by atoms with Crippen LogP contribution in [0, 0.1) is 0 Å². The van der Waals surface area contributed by atoms with Crippen molar-refractivity contribution in [2.24, 2.45) is 0 Å². The Morgan fingerprint density at radius 3 is 3.25 bits per heavy atom. The first-order valence-electron chi connectivity index (χ1n) is 4.48. The normalized spacial score (nSPS) is 15.1. The maximum Gasteiger partial charge on any atom is 0.132 e. The fourth-order valence-electron chi connectivity index (χ4n) is 1.64. The van der Waals surface area contributed by atoms with Crippen LogP contribution < -0.4 is 5.32 Å². The highest BCUT2D eigenvalue weighted by Crippen LogP contribution is 2.21. The topological polar surface area (TPSA) is 37.8 Å². The van der Waals surface area contributed by atoms with Crippen molar-refractivity contribution >= 4 is 5.82 Å². The van der Waals surface area contributed by atoms with E-state index in [9.17, 15) is 0 Å². The molecule has 2 rings (SSSR count). The van der Waals surface area contributed by atoms with E-state index < -0.39 is 0 Å². The smallest absolute Gasteiger partial charge is 0.132 e. The molecule has 0 unspecified atom stereocenters. The van der Waals surface area contributed by atoms with E-state index in [0.717, 1.165) is 25.2 Å². The van der Waals surface area contributed by atoms with Gasteiger partial charge in [0.25, 0.3) is 0 Å². The van der Waals surface area contributed by atoms with Crippen molar-refractivity contribution in [1.29, 1.82) is 0 Å². The van der Waals surface area contributed by atoms with Crippen molar-refractivity contribution in [2.45, 2.75) is 26.2 Å². The lowest BCUT2D eigenvalue weighted by Crippen LogP contribution is -2.15. The largest absolute Gasteiger partial charge is 0.370 e. The van der Waals surface area contributed by atoms with Crippen LogP contribution in [-0.2, 0) is 12.8 Å². The molecule has 0 saturated heterocycles. The molecular weight excluding hydrogens is 150 g/mol. The van der Waals surface area contributed by atoms with Crippen LogP contribution in [0.2, 0.25) is 0 Å². The number of rotatable bonds is 1. The van der Waals surface area contributed by atoms with Gasteiger partial charge in [-0.2, -0.15) is 0 Å². The van der Waals surface area contributed by atoms with Gasteiger partial charge in [0.1, 0.15) is 12.1 Å². The highest BCUT2D eigenvalue weighted by atomic mass is 15.0. The van der Waals surface area contributed by atoms with Crippen molar-refractivity contribution in [3.05, 3.63) is 17.6 Å². The molecule has 12 heavy (non-hydrogen) atoms. The molecule has 3 nitrogen and oxygen atoms in total. The molecule has 2 heterocycles. The lowest BCUT2D eigenvalue weighted by atomic mass is 10.0. The van der Waals surface area contributed by atoms with Gasteiger partial charge in [-0.3, -0.25) is 0 Å². The lowest BCUT2D eigenvalue weighted by molar-refractivity contribution is 0.786. The number of aromatic nitrogens is 2. The molecule has 1 N–H and O–H groups in total. The summed E-state index contributed by atoms with van der Waals surface area (Å²) >= 11 is 0. The Balaban J connectivity index is 2.44. The van der Waals surface area contributed by atoms with E-state index in [-0.39, 0.29) is 0 Å². The Morgan fingerprint density at radius 2 is 2.42 bits per heavy atom. The molecular formula is C9H13N3. The van der Waals surface area contributed by atoms with Crippen molar-refractivity contribution in [1.82, 2.24) is 9.97 Å². The van der Waals surface area contributed by atoms with Crippen LogP contribution in [0.5, 0.6) is 0 Å². The van der Waals surface area contributed by atoms with Crippen LogP contribution in [0.15, 0.2) is 6.33 Å². The Kier molecular flexibility index (Phi) is 1.94. The summed E-state index contributed by atoms with van der Waals surface area (Å²) in [7, 11) is 0. The first-order chi connectivity index (χ1) is 5.92. The van der Waals surface area contributed by atoms with Gasteiger partial charge in [-0.15, -0.1) is 0 Å². The molecule has 0 saturated carbocycles. The van der Waals surface area contributed by atoms with Gasteiger partial charge in [0.2, 0.25) is 0 Å². The second kappa shape index (κ2) is 3.09. The minimum Gasteiger partial charge on any atom is -0.370 e. The molecule has 0 amide bonds. The van der Waals surface area contributed by atoms with Crippen LogP contribution in [0.25, 0.3) is 0 Å². The van der Waals surface area contributed by atoms with Crippen molar-refractivity contribution < 1.29 is 0 Å². The monoisotopic (exact) mass is 163 g/mol. The predicted octanol–water partition coefficient (Wildman–Crippen LogP) is 1.40. The number of fused-ring (bicyclic) bond motifs is 1.